The number of rotatable bonds is 16. The summed E-state index contributed by atoms with van der Waals surface area (Å²) in [6.07, 6.45) is 0.744. The zero-order valence-corrected chi connectivity index (χ0v) is 66.6. The fourth-order valence-electron chi connectivity index (χ4n) is 17.2. The molecule has 0 heterocycles. The van der Waals surface area contributed by atoms with Gasteiger partial charge in [-0.05, 0) is 357 Å². The van der Waals surface area contributed by atoms with Crippen LogP contribution in [0.4, 0.5) is 68.2 Å². The van der Waals surface area contributed by atoms with Gasteiger partial charge in [0.15, 0.2) is 0 Å². The molecular formula is C108H94N4. The van der Waals surface area contributed by atoms with Gasteiger partial charge in [0.25, 0.3) is 0 Å². The average Bonchev–Trinajstić information content (AvgIpc) is 0.725. The van der Waals surface area contributed by atoms with E-state index in [9.17, 15) is 0 Å². The Morgan fingerprint density at radius 3 is 1.01 bits per heavy atom. The molecule has 0 amide bonds. The molecule has 0 spiro atoms. The molecule has 546 valence electrons. The molecule has 0 bridgehead atoms. The van der Waals surface area contributed by atoms with Crippen LogP contribution in [-0.2, 0) is 6.42 Å². The summed E-state index contributed by atoms with van der Waals surface area (Å²) in [6.45, 7) is 29.5. The second kappa shape index (κ2) is 28.6. The summed E-state index contributed by atoms with van der Waals surface area (Å²) >= 11 is 0. The summed E-state index contributed by atoms with van der Waals surface area (Å²) in [5.74, 6) is 0.637. The summed E-state index contributed by atoms with van der Waals surface area (Å²) in [5.41, 5.74) is 30.1. The maximum atomic E-state index is 2.57. The summed E-state index contributed by atoms with van der Waals surface area (Å²) in [7, 11) is 0. The largest absolute Gasteiger partial charge is 0.310 e. The normalized spacial score (nSPS) is 11.8. The second-order valence-corrected chi connectivity index (χ2v) is 32.2. The lowest BCUT2D eigenvalue weighted by molar-refractivity contribution is 0.868. The highest BCUT2D eigenvalue weighted by Gasteiger charge is 2.28. The Hall–Kier alpha value is -12.8. The van der Waals surface area contributed by atoms with E-state index in [4.69, 9.17) is 0 Å². The number of fused-ring (bicyclic) bond motifs is 12. The zero-order valence-electron chi connectivity index (χ0n) is 66.6. The Morgan fingerprint density at radius 1 is 0.196 bits per heavy atom. The fraction of sp³-hybridized carbons (Fsp3) is 0.148. The van der Waals surface area contributed by atoms with Crippen LogP contribution < -0.4 is 19.6 Å². The minimum atomic E-state index is 0.308. The van der Waals surface area contributed by atoms with E-state index in [1.165, 1.54) is 164 Å². The predicted molar refractivity (Wildman–Crippen MR) is 485 cm³/mol. The first-order chi connectivity index (χ1) is 54.4. The van der Waals surface area contributed by atoms with Gasteiger partial charge < -0.3 is 19.6 Å². The lowest BCUT2D eigenvalue weighted by atomic mass is 9.89. The highest BCUT2D eigenvalue weighted by atomic mass is 15.2. The number of aryl methyl sites for hydroxylation is 9. The molecule has 0 saturated heterocycles. The molecule has 18 aromatic rings. The third kappa shape index (κ3) is 12.7. The smallest absolute Gasteiger partial charge is 0.0546 e. The third-order valence-electron chi connectivity index (χ3n) is 24.3. The van der Waals surface area contributed by atoms with Crippen LogP contribution in [0, 0.1) is 62.3 Å². The Morgan fingerprint density at radius 2 is 0.527 bits per heavy atom. The lowest BCUT2D eigenvalue weighted by Gasteiger charge is -2.31. The molecule has 4 heteroatoms. The van der Waals surface area contributed by atoms with Gasteiger partial charge in [0.2, 0.25) is 0 Å². The second-order valence-electron chi connectivity index (χ2n) is 32.2. The first kappa shape index (κ1) is 70.9. The van der Waals surface area contributed by atoms with E-state index in [0.29, 0.717) is 11.8 Å². The fourth-order valence-corrected chi connectivity index (χ4v) is 17.2. The molecule has 0 saturated carbocycles. The first-order valence-corrected chi connectivity index (χ1v) is 39.9. The van der Waals surface area contributed by atoms with Crippen LogP contribution in [-0.4, -0.2) is 0 Å². The van der Waals surface area contributed by atoms with Crippen molar-refractivity contribution in [3.8, 4) is 0 Å². The van der Waals surface area contributed by atoms with Crippen molar-refractivity contribution in [3.63, 3.8) is 0 Å². The monoisotopic (exact) mass is 1450 g/mol. The Balaban J connectivity index is 0.782. The summed E-state index contributed by atoms with van der Waals surface area (Å²) < 4.78 is 0. The highest BCUT2D eigenvalue weighted by Crippen LogP contribution is 2.53. The number of para-hydroxylation sites is 2. The zero-order chi connectivity index (χ0) is 76.9. The van der Waals surface area contributed by atoms with Crippen LogP contribution in [0.2, 0.25) is 0 Å². The maximum Gasteiger partial charge on any atom is 0.0546 e. The third-order valence-corrected chi connectivity index (χ3v) is 24.3. The summed E-state index contributed by atoms with van der Waals surface area (Å²) in [5, 5.41) is 19.4. The van der Waals surface area contributed by atoms with E-state index in [2.05, 4.69) is 419 Å². The van der Waals surface area contributed by atoms with Crippen molar-refractivity contribution in [1.29, 1.82) is 0 Å². The van der Waals surface area contributed by atoms with Crippen LogP contribution in [0.5, 0.6) is 0 Å². The van der Waals surface area contributed by atoms with Gasteiger partial charge in [0, 0.05) is 67.0 Å². The molecule has 0 fully saturated rings. The number of nitrogens with zero attached hydrogens (tertiary/aromatic N) is 4. The topological polar surface area (TPSA) is 13.0 Å². The number of hydrogen-bond donors (Lipinski definition) is 0. The predicted octanol–water partition coefficient (Wildman–Crippen LogP) is 31.4. The molecule has 0 radical (unpaired) electrons. The van der Waals surface area contributed by atoms with Crippen LogP contribution in [0.3, 0.4) is 0 Å². The van der Waals surface area contributed by atoms with Crippen molar-refractivity contribution < 1.29 is 0 Å². The van der Waals surface area contributed by atoms with Crippen molar-refractivity contribution in [3.05, 3.63) is 382 Å². The molecular weight excluding hydrogens is 1350 g/mol. The number of anilines is 12. The molecule has 0 aromatic heterocycles. The molecule has 4 nitrogen and oxygen atoms in total. The van der Waals surface area contributed by atoms with E-state index in [0.717, 1.165) is 69.0 Å². The summed E-state index contributed by atoms with van der Waals surface area (Å²) in [4.78, 5) is 10.0. The van der Waals surface area contributed by atoms with E-state index in [1.807, 2.05) is 0 Å². The van der Waals surface area contributed by atoms with Gasteiger partial charge in [-0.3, -0.25) is 0 Å². The molecule has 0 aliphatic carbocycles. The summed E-state index contributed by atoms with van der Waals surface area (Å²) in [6, 6.07) is 118. The van der Waals surface area contributed by atoms with Crippen molar-refractivity contribution >= 4 is 154 Å². The lowest BCUT2D eigenvalue weighted by Crippen LogP contribution is -2.13. The van der Waals surface area contributed by atoms with Crippen LogP contribution in [0.25, 0.3) is 86.2 Å². The van der Waals surface area contributed by atoms with Gasteiger partial charge in [-0.15, -0.1) is 0 Å². The molecule has 0 aliphatic heterocycles. The number of benzene rings is 18. The van der Waals surface area contributed by atoms with Gasteiger partial charge >= 0.3 is 0 Å². The Kier molecular flexibility index (Phi) is 18.1. The molecule has 0 N–H and O–H groups in total. The minimum absolute atomic E-state index is 0.308. The van der Waals surface area contributed by atoms with E-state index in [-0.39, 0.29) is 0 Å². The van der Waals surface area contributed by atoms with Crippen molar-refractivity contribution in [2.24, 2.45) is 0 Å². The highest BCUT2D eigenvalue weighted by molar-refractivity contribution is 6.27. The van der Waals surface area contributed by atoms with Crippen molar-refractivity contribution in [2.45, 2.75) is 108 Å². The van der Waals surface area contributed by atoms with Gasteiger partial charge in [0.1, 0.15) is 0 Å². The van der Waals surface area contributed by atoms with Crippen LogP contribution in [0.15, 0.2) is 309 Å². The van der Waals surface area contributed by atoms with Crippen LogP contribution >= 0.6 is 0 Å². The molecule has 0 atom stereocenters. The van der Waals surface area contributed by atoms with Crippen molar-refractivity contribution in [2.75, 3.05) is 19.6 Å². The molecule has 18 aromatic carbocycles. The molecule has 18 rings (SSSR count). The molecule has 0 unspecified atom stereocenters. The van der Waals surface area contributed by atoms with Gasteiger partial charge in [-0.2, -0.15) is 0 Å². The van der Waals surface area contributed by atoms with E-state index < -0.39 is 0 Å². The minimum Gasteiger partial charge on any atom is -0.310 e. The van der Waals surface area contributed by atoms with Gasteiger partial charge in [0.05, 0.1) is 22.7 Å². The molecule has 0 aliphatic rings. The van der Waals surface area contributed by atoms with Crippen molar-refractivity contribution in [1.82, 2.24) is 0 Å². The number of hydrogen-bond acceptors (Lipinski definition) is 4. The quantitative estimate of drug-likeness (QED) is 0.0894. The first-order valence-electron chi connectivity index (χ1n) is 39.9. The SMILES string of the molecule is Cc1ccc(N(c2ccc(C)c(C)c2)c2cc3c4ccc(C(C)C)cc4c(N(c4ccc(C)c(C)c4)c4ccc(C)c(Cc5ccc6ccc(N(c7ccccc7)c7cc8c9cc(C)c(C)cc9c(N(c9ccccc9)c9ccc%10ccccc%10c9)cc8c8ccccc78)cc6c5)c4)cc3c3ccc(C(C)C)cc23)cc1C. The van der Waals surface area contributed by atoms with Gasteiger partial charge in [-0.1, -0.05) is 198 Å². The van der Waals surface area contributed by atoms with E-state index in [1.54, 1.807) is 0 Å². The Labute approximate surface area is 659 Å². The average molecular weight is 1450 g/mol. The standard InChI is InChI=1S/C108H94N4/c1-66(2)80-40-48-94-100-64-108(104-61-81(67(3)4)41-49-95(104)99(100)63-107(103(94)60-80)111(87-42-32-68(5)72(9)50-87)88-43-33-69(6)73(10)51-88)112(89-44-34-70(7)74(11)52-89)90-45-35-71(8)83(58-90)55-77-36-37-79-39-47-92(59-84(79)56-77)109(85-26-16-14-17-27-85)105-65-101-97-53-75(12)76(13)54-102(97)106(62-98(101)93-30-22-23-31-96(93)105)110(86-28-18-15-19-29-86)91-46-38-78-24-20-21-25-82(78)57-91/h14-54,56-67H,55H2,1-13H3. The molecule has 112 heavy (non-hydrogen) atoms. The van der Waals surface area contributed by atoms with Gasteiger partial charge in [-0.25, -0.2) is 0 Å². The van der Waals surface area contributed by atoms with Crippen LogP contribution in [0.1, 0.15) is 112 Å². The Bertz CT molecular complexity index is 6750. The maximum absolute atomic E-state index is 2.57. The van der Waals surface area contributed by atoms with E-state index >= 15 is 0 Å².